The third kappa shape index (κ3) is 7.03. The number of nitrogens with zero attached hydrogens (tertiary/aromatic N) is 3. The minimum atomic E-state index is -4.31. The summed E-state index contributed by atoms with van der Waals surface area (Å²) in [6.07, 6.45) is -3.86. The zero-order valence-corrected chi connectivity index (χ0v) is 18.5. The number of hydrogen-bond donors (Lipinski definition) is 2. The smallest absolute Gasteiger partial charge is 0.340 e. The number of rotatable bonds is 10. The summed E-state index contributed by atoms with van der Waals surface area (Å²) in [4.78, 5) is 17.0. The Morgan fingerprint density at radius 2 is 1.81 bits per heavy atom. The molecular weight excluding hydrogens is 430 g/mol. The van der Waals surface area contributed by atoms with Crippen LogP contribution in [-0.4, -0.2) is 46.6 Å². The maximum absolute atomic E-state index is 13.0. The van der Waals surface area contributed by atoms with Crippen molar-refractivity contribution in [2.75, 3.05) is 18.5 Å². The number of aromatic nitrogens is 3. The highest BCUT2D eigenvalue weighted by Gasteiger charge is 2.42. The Kier molecular flexibility index (Phi) is 8.34. The van der Waals surface area contributed by atoms with E-state index in [1.54, 1.807) is 6.92 Å². The molecule has 0 fully saturated rings. The van der Waals surface area contributed by atoms with Gasteiger partial charge >= 0.3 is 12.3 Å². The van der Waals surface area contributed by atoms with Crippen molar-refractivity contribution in [3.63, 3.8) is 0 Å². The first-order valence-electron chi connectivity index (χ1n) is 10.1. The molecule has 0 saturated carbocycles. The molecule has 0 aliphatic carbocycles. The van der Waals surface area contributed by atoms with Crippen molar-refractivity contribution in [2.24, 2.45) is 5.92 Å². The van der Waals surface area contributed by atoms with Crippen molar-refractivity contribution in [3.8, 4) is 5.88 Å². The van der Waals surface area contributed by atoms with E-state index in [1.807, 2.05) is 19.1 Å². The largest absolute Gasteiger partial charge is 0.470 e. The number of hydrogen-bond acceptors (Lipinski definition) is 6. The minimum Gasteiger partial charge on any atom is -0.470 e. The number of nitrogens with one attached hydrogen (secondary N) is 2. The Hall–Kier alpha value is -2.98. The van der Waals surface area contributed by atoms with Crippen molar-refractivity contribution < 1.29 is 27.1 Å². The molecular formula is C21H27F4N5O2. The molecule has 0 aliphatic heterocycles. The molecule has 1 atom stereocenters. The third-order valence-electron chi connectivity index (χ3n) is 4.41. The summed E-state index contributed by atoms with van der Waals surface area (Å²) in [7, 11) is 0. The van der Waals surface area contributed by atoms with E-state index in [-0.39, 0.29) is 23.2 Å². The summed E-state index contributed by atoms with van der Waals surface area (Å²) in [5, 5.41) is 13.3. The molecule has 2 aromatic rings. The topological polar surface area (TPSA) is 89.0 Å². The molecule has 0 bridgehead atoms. The predicted octanol–water partition coefficient (Wildman–Crippen LogP) is 4.33. The quantitative estimate of drug-likeness (QED) is 0.517. The van der Waals surface area contributed by atoms with Gasteiger partial charge in [0.2, 0.25) is 5.88 Å². The number of alkyl halides is 4. The first-order chi connectivity index (χ1) is 14.9. The Balaban J connectivity index is 2.07. The van der Waals surface area contributed by atoms with Crippen molar-refractivity contribution >= 4 is 11.7 Å². The molecule has 0 radical (unpaired) electrons. The monoisotopic (exact) mass is 457 g/mol. The standard InChI is InChI=1S/C21H27F4N5O2/c1-11(2)9-26-17-8-15(7-13(4)27-17)14(5)28-18(31)16-6-12(3)19(30-29-16)32-10-21(24,25)20(22)23/h6-8,11,14,20H,9-10H2,1-5H3,(H,26,27)(H,28,31). The second-order valence-electron chi connectivity index (χ2n) is 7.97. The van der Waals surface area contributed by atoms with Gasteiger partial charge in [-0.25, -0.2) is 13.8 Å². The first-order valence-corrected chi connectivity index (χ1v) is 10.1. The Labute approximate surface area is 184 Å². The predicted molar refractivity (Wildman–Crippen MR) is 111 cm³/mol. The Bertz CT molecular complexity index is 940. The van der Waals surface area contributed by atoms with E-state index < -0.39 is 24.9 Å². The van der Waals surface area contributed by atoms with E-state index in [0.717, 1.165) is 17.8 Å². The van der Waals surface area contributed by atoms with Crippen LogP contribution in [0.3, 0.4) is 0 Å². The van der Waals surface area contributed by atoms with Crippen LogP contribution in [0.4, 0.5) is 23.4 Å². The molecule has 176 valence electrons. The Morgan fingerprint density at radius 1 is 1.12 bits per heavy atom. The summed E-state index contributed by atoms with van der Waals surface area (Å²) in [6, 6.07) is 4.60. The summed E-state index contributed by atoms with van der Waals surface area (Å²) in [5.41, 5.74) is 1.76. The fraction of sp³-hybridized carbons (Fsp3) is 0.524. The third-order valence-corrected chi connectivity index (χ3v) is 4.41. The molecule has 0 saturated heterocycles. The van der Waals surface area contributed by atoms with E-state index in [2.05, 4.69) is 44.4 Å². The molecule has 2 heterocycles. The van der Waals surface area contributed by atoms with Gasteiger partial charge in [0, 0.05) is 17.8 Å². The zero-order valence-electron chi connectivity index (χ0n) is 18.5. The maximum atomic E-state index is 13.0. The van der Waals surface area contributed by atoms with Gasteiger partial charge in [-0.05, 0) is 50.5 Å². The van der Waals surface area contributed by atoms with Gasteiger partial charge in [-0.15, -0.1) is 10.2 Å². The summed E-state index contributed by atoms with van der Waals surface area (Å²) in [5.74, 6) is -4.06. The number of carbonyl (C=O) groups excluding carboxylic acids is 1. The van der Waals surface area contributed by atoms with E-state index in [4.69, 9.17) is 0 Å². The number of amides is 1. The van der Waals surface area contributed by atoms with Gasteiger partial charge in [-0.3, -0.25) is 4.79 Å². The van der Waals surface area contributed by atoms with Gasteiger partial charge in [0.25, 0.3) is 5.91 Å². The summed E-state index contributed by atoms with van der Waals surface area (Å²) < 4.78 is 55.2. The molecule has 0 aromatic carbocycles. The number of pyridine rings is 1. The highest BCUT2D eigenvalue weighted by molar-refractivity contribution is 5.92. The lowest BCUT2D eigenvalue weighted by atomic mass is 10.1. The average molecular weight is 457 g/mol. The van der Waals surface area contributed by atoms with Crippen LogP contribution in [-0.2, 0) is 0 Å². The summed E-state index contributed by atoms with van der Waals surface area (Å²) >= 11 is 0. The van der Waals surface area contributed by atoms with E-state index in [9.17, 15) is 22.4 Å². The molecule has 11 heteroatoms. The van der Waals surface area contributed by atoms with Gasteiger partial charge in [0.1, 0.15) is 5.82 Å². The van der Waals surface area contributed by atoms with Crippen LogP contribution in [0.1, 0.15) is 54.1 Å². The van der Waals surface area contributed by atoms with Crippen molar-refractivity contribution in [3.05, 3.63) is 40.7 Å². The lowest BCUT2D eigenvalue weighted by Gasteiger charge is -2.17. The highest BCUT2D eigenvalue weighted by atomic mass is 19.3. The Morgan fingerprint density at radius 3 is 2.41 bits per heavy atom. The van der Waals surface area contributed by atoms with Crippen LogP contribution >= 0.6 is 0 Å². The fourth-order valence-corrected chi connectivity index (χ4v) is 2.65. The van der Waals surface area contributed by atoms with Gasteiger partial charge in [0.15, 0.2) is 12.3 Å². The van der Waals surface area contributed by atoms with Crippen LogP contribution in [0.5, 0.6) is 5.88 Å². The van der Waals surface area contributed by atoms with Crippen molar-refractivity contribution in [1.82, 2.24) is 20.5 Å². The average Bonchev–Trinajstić information content (AvgIpc) is 2.70. The number of halogens is 4. The van der Waals surface area contributed by atoms with E-state index in [0.29, 0.717) is 11.7 Å². The molecule has 32 heavy (non-hydrogen) atoms. The molecule has 2 aromatic heterocycles. The second kappa shape index (κ2) is 10.6. The molecule has 1 amide bonds. The zero-order chi connectivity index (χ0) is 24.1. The number of ether oxygens (including phenoxy) is 1. The van der Waals surface area contributed by atoms with Crippen molar-refractivity contribution in [1.29, 1.82) is 0 Å². The van der Waals surface area contributed by atoms with Crippen LogP contribution < -0.4 is 15.4 Å². The molecule has 2 rings (SSSR count). The van der Waals surface area contributed by atoms with Gasteiger partial charge < -0.3 is 15.4 Å². The number of carbonyl (C=O) groups is 1. The van der Waals surface area contributed by atoms with Crippen LogP contribution in [0.25, 0.3) is 0 Å². The molecule has 1 unspecified atom stereocenters. The van der Waals surface area contributed by atoms with Gasteiger partial charge in [0.05, 0.1) is 6.04 Å². The summed E-state index contributed by atoms with van der Waals surface area (Å²) in [6.45, 7) is 8.46. The molecule has 7 nitrogen and oxygen atoms in total. The fourth-order valence-electron chi connectivity index (χ4n) is 2.65. The van der Waals surface area contributed by atoms with Crippen LogP contribution in [0, 0.1) is 19.8 Å². The van der Waals surface area contributed by atoms with Gasteiger partial charge in [-0.2, -0.15) is 8.78 Å². The lowest BCUT2D eigenvalue weighted by molar-refractivity contribution is -0.148. The number of aryl methyl sites for hydroxylation is 2. The van der Waals surface area contributed by atoms with E-state index in [1.165, 1.54) is 13.0 Å². The molecule has 0 spiro atoms. The van der Waals surface area contributed by atoms with Crippen LogP contribution in [0.15, 0.2) is 18.2 Å². The normalized spacial score (nSPS) is 12.7. The highest BCUT2D eigenvalue weighted by Crippen LogP contribution is 2.25. The van der Waals surface area contributed by atoms with Crippen LogP contribution in [0.2, 0.25) is 0 Å². The SMILES string of the molecule is Cc1cc(C(C)NC(=O)c2cc(C)c(OCC(F)(F)C(F)F)nn2)cc(NCC(C)C)n1. The molecule has 2 N–H and O–H groups in total. The maximum Gasteiger partial charge on any atom is 0.340 e. The van der Waals surface area contributed by atoms with Gasteiger partial charge in [-0.1, -0.05) is 13.8 Å². The van der Waals surface area contributed by atoms with E-state index >= 15 is 0 Å². The first kappa shape index (κ1) is 25.3. The molecule has 0 aliphatic rings. The lowest BCUT2D eigenvalue weighted by Crippen LogP contribution is -2.34. The van der Waals surface area contributed by atoms with Crippen molar-refractivity contribution in [2.45, 2.75) is 53.0 Å². The number of anilines is 1. The minimum absolute atomic E-state index is 0.0637. The second-order valence-corrected chi connectivity index (χ2v) is 7.97.